The van der Waals surface area contributed by atoms with Crippen LogP contribution in [0.1, 0.15) is 24.0 Å². The molecule has 1 fully saturated rings. The van der Waals surface area contributed by atoms with Crippen molar-refractivity contribution in [1.82, 2.24) is 14.6 Å². The van der Waals surface area contributed by atoms with Gasteiger partial charge in [-0.2, -0.15) is 0 Å². The van der Waals surface area contributed by atoms with Gasteiger partial charge in [0.2, 0.25) is 5.91 Å². The molecule has 0 bridgehead atoms. The van der Waals surface area contributed by atoms with E-state index in [0.717, 1.165) is 16.8 Å². The Kier molecular flexibility index (Phi) is 6.25. The smallest absolute Gasteiger partial charge is 0.268 e. The minimum absolute atomic E-state index is 0.0476. The summed E-state index contributed by atoms with van der Waals surface area (Å²) < 4.78 is 42.7. The van der Waals surface area contributed by atoms with Gasteiger partial charge in [-0.05, 0) is 67.4 Å². The monoisotopic (exact) mass is 453 g/mol. The third-order valence-electron chi connectivity index (χ3n) is 5.14. The van der Waals surface area contributed by atoms with Crippen LogP contribution in [0.15, 0.2) is 71.8 Å². The van der Waals surface area contributed by atoms with Crippen LogP contribution in [0.5, 0.6) is 0 Å². The number of nitrogens with one attached hydrogen (secondary N) is 2. The average molecular weight is 454 g/mol. The van der Waals surface area contributed by atoms with Crippen molar-refractivity contribution in [1.29, 1.82) is 0 Å². The molecular weight excluding hydrogens is 429 g/mol. The minimum Gasteiger partial charge on any atom is -0.350 e. The van der Waals surface area contributed by atoms with E-state index in [1.165, 1.54) is 30.5 Å². The molecule has 32 heavy (non-hydrogen) atoms. The summed E-state index contributed by atoms with van der Waals surface area (Å²) in [4.78, 5) is 12.0. The number of halogens is 1. The van der Waals surface area contributed by atoms with E-state index in [2.05, 4.69) is 10.6 Å². The normalized spacial score (nSPS) is 14.1. The summed E-state index contributed by atoms with van der Waals surface area (Å²) in [7, 11) is -2.26. The Morgan fingerprint density at radius 2 is 1.94 bits per heavy atom. The summed E-state index contributed by atoms with van der Waals surface area (Å²) in [6, 6.07) is 14.3. The zero-order valence-electron chi connectivity index (χ0n) is 17.6. The Morgan fingerprint density at radius 1 is 1.16 bits per heavy atom. The lowest BCUT2D eigenvalue weighted by Gasteiger charge is -2.12. The van der Waals surface area contributed by atoms with Gasteiger partial charge < -0.3 is 10.6 Å². The van der Waals surface area contributed by atoms with Crippen LogP contribution in [0.3, 0.4) is 0 Å². The zero-order valence-corrected chi connectivity index (χ0v) is 18.4. The van der Waals surface area contributed by atoms with E-state index >= 15 is 0 Å². The van der Waals surface area contributed by atoms with Gasteiger partial charge in [0, 0.05) is 30.4 Å². The molecule has 0 aliphatic heterocycles. The number of amides is 1. The van der Waals surface area contributed by atoms with Gasteiger partial charge in [-0.3, -0.25) is 4.79 Å². The maximum absolute atomic E-state index is 14.5. The van der Waals surface area contributed by atoms with Crippen LogP contribution in [0.2, 0.25) is 0 Å². The van der Waals surface area contributed by atoms with Crippen LogP contribution in [-0.4, -0.2) is 31.4 Å². The number of aromatic nitrogens is 1. The van der Waals surface area contributed by atoms with Gasteiger partial charge >= 0.3 is 0 Å². The second kappa shape index (κ2) is 9.10. The SMILES string of the molecule is CNCc1cc(-c2ccccc2F)n(S(=O)(=O)c2cccc(/C=C/C(=O)NC3CC3)c2)c1. The van der Waals surface area contributed by atoms with E-state index < -0.39 is 15.8 Å². The Labute approximate surface area is 186 Å². The second-order valence-corrected chi connectivity index (χ2v) is 9.55. The van der Waals surface area contributed by atoms with Crippen LogP contribution in [0.4, 0.5) is 4.39 Å². The molecule has 2 aromatic carbocycles. The molecule has 0 unspecified atom stereocenters. The minimum atomic E-state index is -4.01. The lowest BCUT2D eigenvalue weighted by molar-refractivity contribution is -0.116. The molecule has 0 radical (unpaired) electrons. The van der Waals surface area contributed by atoms with Crippen molar-refractivity contribution >= 4 is 22.0 Å². The largest absolute Gasteiger partial charge is 0.350 e. The third-order valence-corrected chi connectivity index (χ3v) is 6.81. The molecule has 0 atom stereocenters. The van der Waals surface area contributed by atoms with Crippen molar-refractivity contribution in [3.8, 4) is 11.3 Å². The Hall–Kier alpha value is -3.23. The topological polar surface area (TPSA) is 80.2 Å². The number of carbonyl (C=O) groups excluding carboxylic acids is 1. The highest BCUT2D eigenvalue weighted by molar-refractivity contribution is 7.90. The van der Waals surface area contributed by atoms with Gasteiger partial charge in [0.1, 0.15) is 5.82 Å². The van der Waals surface area contributed by atoms with Gasteiger partial charge in [0.15, 0.2) is 0 Å². The van der Waals surface area contributed by atoms with E-state index in [1.54, 1.807) is 49.5 Å². The van der Waals surface area contributed by atoms with Crippen LogP contribution >= 0.6 is 0 Å². The van der Waals surface area contributed by atoms with Crippen molar-refractivity contribution in [2.45, 2.75) is 30.3 Å². The fourth-order valence-electron chi connectivity index (χ4n) is 3.40. The summed E-state index contributed by atoms with van der Waals surface area (Å²) in [6.07, 6.45) is 6.46. The van der Waals surface area contributed by atoms with E-state index in [0.29, 0.717) is 17.7 Å². The molecule has 1 saturated carbocycles. The quantitative estimate of drug-likeness (QED) is 0.512. The molecule has 4 rings (SSSR count). The third kappa shape index (κ3) is 4.81. The summed E-state index contributed by atoms with van der Waals surface area (Å²) in [5.41, 5.74) is 1.73. The molecule has 2 N–H and O–H groups in total. The first-order valence-electron chi connectivity index (χ1n) is 10.3. The molecule has 3 aromatic rings. The second-order valence-electron chi connectivity index (χ2n) is 7.73. The van der Waals surface area contributed by atoms with Gasteiger partial charge in [0.05, 0.1) is 10.6 Å². The van der Waals surface area contributed by atoms with Gasteiger partial charge in [-0.15, -0.1) is 0 Å². The Morgan fingerprint density at radius 3 is 2.66 bits per heavy atom. The van der Waals surface area contributed by atoms with Crippen molar-refractivity contribution in [3.63, 3.8) is 0 Å². The fourth-order valence-corrected chi connectivity index (χ4v) is 4.85. The lowest BCUT2D eigenvalue weighted by Crippen LogP contribution is -2.22. The van der Waals surface area contributed by atoms with Gasteiger partial charge in [-0.1, -0.05) is 24.3 Å². The predicted molar refractivity (Wildman–Crippen MR) is 122 cm³/mol. The molecule has 8 heteroatoms. The lowest BCUT2D eigenvalue weighted by atomic mass is 10.1. The maximum atomic E-state index is 14.5. The fraction of sp³-hybridized carbons (Fsp3) is 0.208. The molecule has 1 aliphatic carbocycles. The number of carbonyl (C=O) groups is 1. The van der Waals surface area contributed by atoms with Crippen molar-refractivity contribution in [2.75, 3.05) is 7.05 Å². The van der Waals surface area contributed by atoms with E-state index in [-0.39, 0.29) is 28.1 Å². The Balaban J connectivity index is 1.71. The van der Waals surface area contributed by atoms with E-state index in [1.807, 2.05) is 0 Å². The molecule has 0 spiro atoms. The zero-order chi connectivity index (χ0) is 22.7. The van der Waals surface area contributed by atoms with Crippen LogP contribution in [-0.2, 0) is 21.4 Å². The first-order chi connectivity index (χ1) is 15.4. The number of nitrogens with zero attached hydrogens (tertiary/aromatic N) is 1. The van der Waals surface area contributed by atoms with E-state index in [4.69, 9.17) is 0 Å². The highest BCUT2D eigenvalue weighted by Crippen LogP contribution is 2.29. The highest BCUT2D eigenvalue weighted by Gasteiger charge is 2.24. The number of hydrogen-bond acceptors (Lipinski definition) is 4. The summed E-state index contributed by atoms with van der Waals surface area (Å²) in [6.45, 7) is 0.433. The van der Waals surface area contributed by atoms with E-state index in [9.17, 15) is 17.6 Å². The molecular formula is C24H24FN3O3S. The van der Waals surface area contributed by atoms with Crippen molar-refractivity contribution in [3.05, 3.63) is 83.8 Å². The molecule has 1 heterocycles. The maximum Gasteiger partial charge on any atom is 0.268 e. The molecule has 1 amide bonds. The molecule has 1 aromatic heterocycles. The summed E-state index contributed by atoms with van der Waals surface area (Å²) in [5.74, 6) is -0.707. The Bertz CT molecular complexity index is 1280. The number of hydrogen-bond donors (Lipinski definition) is 2. The van der Waals surface area contributed by atoms with Crippen molar-refractivity contribution in [2.24, 2.45) is 0 Å². The first kappa shape index (κ1) is 22.0. The molecule has 1 aliphatic rings. The van der Waals surface area contributed by atoms with Crippen LogP contribution in [0, 0.1) is 5.82 Å². The average Bonchev–Trinajstić information content (AvgIpc) is 3.49. The van der Waals surface area contributed by atoms with Gasteiger partial charge in [0.25, 0.3) is 10.0 Å². The highest BCUT2D eigenvalue weighted by atomic mass is 32.2. The first-order valence-corrected chi connectivity index (χ1v) is 11.8. The van der Waals surface area contributed by atoms with Gasteiger partial charge in [-0.25, -0.2) is 16.8 Å². The molecule has 166 valence electrons. The number of benzene rings is 2. The van der Waals surface area contributed by atoms with Crippen molar-refractivity contribution < 1.29 is 17.6 Å². The summed E-state index contributed by atoms with van der Waals surface area (Å²) >= 11 is 0. The molecule has 6 nitrogen and oxygen atoms in total. The van der Waals surface area contributed by atoms with Crippen LogP contribution in [0.25, 0.3) is 17.3 Å². The predicted octanol–water partition coefficient (Wildman–Crippen LogP) is 3.54. The molecule has 0 saturated heterocycles. The van der Waals surface area contributed by atoms with Crippen LogP contribution < -0.4 is 10.6 Å². The number of rotatable bonds is 8. The summed E-state index contributed by atoms with van der Waals surface area (Å²) in [5, 5.41) is 5.84. The standard InChI is InChI=1S/C24H24FN3O3S/c1-26-15-18-14-23(21-7-2-3-8-22(21)25)28(16-18)32(30,31)20-6-4-5-17(13-20)9-12-24(29)27-19-10-11-19/h2-9,12-14,16,19,26H,10-11,15H2,1H3,(H,27,29)/b12-9+.